The Morgan fingerprint density at radius 2 is 1.55 bits per heavy atom. The van der Waals surface area contributed by atoms with E-state index in [1.165, 1.54) is 10.1 Å². The Labute approximate surface area is 239 Å². The van der Waals surface area contributed by atoms with Crippen molar-refractivity contribution in [2.75, 3.05) is 7.11 Å². The molecular formula is C32H34ClNO6. The van der Waals surface area contributed by atoms with Crippen LogP contribution in [-0.2, 0) is 22.4 Å². The van der Waals surface area contributed by atoms with Crippen molar-refractivity contribution in [3.63, 3.8) is 0 Å². The number of halogens is 1. The summed E-state index contributed by atoms with van der Waals surface area (Å²) in [6, 6.07) is 19.7. The molecule has 0 bridgehead atoms. The number of carboxylic acids is 2. The lowest BCUT2D eigenvalue weighted by molar-refractivity contribution is -0.138. The van der Waals surface area contributed by atoms with Gasteiger partial charge in [-0.25, -0.2) is 0 Å². The van der Waals surface area contributed by atoms with E-state index in [2.05, 4.69) is 13.8 Å². The molecule has 1 unspecified atom stereocenters. The van der Waals surface area contributed by atoms with Crippen molar-refractivity contribution in [2.45, 2.75) is 46.5 Å². The number of ether oxygens (including phenoxy) is 1. The number of benzene rings is 3. The van der Waals surface area contributed by atoms with Crippen LogP contribution in [0.1, 0.15) is 59.4 Å². The summed E-state index contributed by atoms with van der Waals surface area (Å²) in [5.74, 6) is -1.14. The van der Waals surface area contributed by atoms with Gasteiger partial charge in [-0.3, -0.25) is 19.0 Å². The molecule has 4 rings (SSSR count). The molecule has 0 radical (unpaired) electrons. The van der Waals surface area contributed by atoms with Gasteiger partial charge in [-0.1, -0.05) is 49.7 Å². The average molecular weight is 564 g/mol. The summed E-state index contributed by atoms with van der Waals surface area (Å²) < 4.78 is 6.77. The molecule has 0 aliphatic heterocycles. The van der Waals surface area contributed by atoms with Crippen molar-refractivity contribution in [3.05, 3.63) is 99.7 Å². The number of rotatable bonds is 8. The highest BCUT2D eigenvalue weighted by Gasteiger charge is 2.21. The Morgan fingerprint density at radius 1 is 0.925 bits per heavy atom. The zero-order chi connectivity index (χ0) is 29.6. The van der Waals surface area contributed by atoms with Crippen molar-refractivity contribution >= 4 is 40.3 Å². The third kappa shape index (κ3) is 7.30. The van der Waals surface area contributed by atoms with Crippen LogP contribution < -0.4 is 4.74 Å². The molecule has 210 valence electrons. The van der Waals surface area contributed by atoms with E-state index in [9.17, 15) is 19.5 Å². The maximum atomic E-state index is 13.0. The van der Waals surface area contributed by atoms with Crippen molar-refractivity contribution in [1.82, 2.24) is 4.57 Å². The fraction of sp³-hybridized carbons (Fsp3) is 0.281. The maximum absolute atomic E-state index is 13.0. The number of nitrogens with zero attached hydrogens (tertiary/aromatic N) is 1. The van der Waals surface area contributed by atoms with Crippen LogP contribution in [-0.4, -0.2) is 39.7 Å². The second-order valence-electron chi connectivity index (χ2n) is 10.1. The molecule has 8 heteroatoms. The summed E-state index contributed by atoms with van der Waals surface area (Å²) in [6.45, 7) is 7.81. The van der Waals surface area contributed by atoms with Crippen LogP contribution >= 0.6 is 11.6 Å². The minimum atomic E-state index is -0.955. The van der Waals surface area contributed by atoms with Crippen LogP contribution in [0.25, 0.3) is 10.9 Å². The van der Waals surface area contributed by atoms with E-state index in [-0.39, 0.29) is 12.3 Å². The van der Waals surface area contributed by atoms with Crippen molar-refractivity contribution in [3.8, 4) is 5.75 Å². The first kappa shape index (κ1) is 30.4. The SMILES string of the molecule is CC(C)Cc1ccc(C(C)C(=O)O)cc1.COc1ccc2c(c1)c(CC(=O)O)c(C)n2C(=O)c1ccc(Cl)cc1. The van der Waals surface area contributed by atoms with Crippen molar-refractivity contribution in [2.24, 2.45) is 5.92 Å². The smallest absolute Gasteiger partial charge is 0.310 e. The van der Waals surface area contributed by atoms with Gasteiger partial charge in [-0.05, 0) is 85.3 Å². The third-order valence-electron chi connectivity index (χ3n) is 6.66. The zero-order valence-corrected chi connectivity index (χ0v) is 24.0. The standard InChI is InChI=1S/C19H16ClNO4.C13H18O2/c1-11-15(10-18(22)23)16-9-14(25-2)7-8-17(16)21(11)19(24)12-3-5-13(20)6-4-12;1-9(2)8-11-4-6-12(7-5-11)10(3)13(14)15/h3-9H,10H2,1-2H3,(H,22,23);4-7,9-10H,8H2,1-3H3,(H,14,15). The predicted octanol–water partition coefficient (Wildman–Crippen LogP) is 7.00. The van der Waals surface area contributed by atoms with Gasteiger partial charge >= 0.3 is 11.9 Å². The molecule has 3 aromatic carbocycles. The molecule has 0 aliphatic rings. The van der Waals surface area contributed by atoms with Gasteiger partial charge in [0.2, 0.25) is 0 Å². The first-order valence-electron chi connectivity index (χ1n) is 12.9. The Morgan fingerprint density at radius 3 is 2.08 bits per heavy atom. The number of fused-ring (bicyclic) bond motifs is 1. The molecular weight excluding hydrogens is 530 g/mol. The molecule has 1 atom stereocenters. The van der Waals surface area contributed by atoms with Crippen LogP contribution in [0, 0.1) is 12.8 Å². The van der Waals surface area contributed by atoms with Gasteiger partial charge in [0.05, 0.1) is 25.0 Å². The van der Waals surface area contributed by atoms with E-state index >= 15 is 0 Å². The topological polar surface area (TPSA) is 106 Å². The summed E-state index contributed by atoms with van der Waals surface area (Å²) in [5, 5.41) is 19.3. The molecule has 2 N–H and O–H groups in total. The van der Waals surface area contributed by atoms with E-state index in [1.54, 1.807) is 63.4 Å². The predicted molar refractivity (Wildman–Crippen MR) is 157 cm³/mol. The summed E-state index contributed by atoms with van der Waals surface area (Å²) in [6.07, 6.45) is 0.873. The Hall–Kier alpha value is -4.10. The van der Waals surface area contributed by atoms with Gasteiger partial charge in [0.15, 0.2) is 0 Å². The monoisotopic (exact) mass is 563 g/mol. The second kappa shape index (κ2) is 13.3. The molecule has 0 fully saturated rings. The Kier molecular flexibility index (Phi) is 10.1. The largest absolute Gasteiger partial charge is 0.497 e. The van der Waals surface area contributed by atoms with Crippen LogP contribution in [0.3, 0.4) is 0 Å². The van der Waals surface area contributed by atoms with Crippen LogP contribution in [0.5, 0.6) is 5.75 Å². The van der Waals surface area contributed by atoms with E-state index < -0.39 is 17.9 Å². The summed E-state index contributed by atoms with van der Waals surface area (Å²) in [7, 11) is 1.54. The fourth-order valence-electron chi connectivity index (χ4n) is 4.50. The number of methoxy groups -OCH3 is 1. The number of carbonyl (C=O) groups excluding carboxylic acids is 1. The summed E-state index contributed by atoms with van der Waals surface area (Å²) in [5.41, 5.74) is 4.47. The minimum absolute atomic E-state index is 0.170. The van der Waals surface area contributed by atoms with Gasteiger partial charge in [0.25, 0.3) is 5.91 Å². The number of aliphatic carboxylic acids is 2. The number of hydrogen-bond donors (Lipinski definition) is 2. The third-order valence-corrected chi connectivity index (χ3v) is 6.91. The Bertz CT molecular complexity index is 1500. The van der Waals surface area contributed by atoms with E-state index in [0.717, 1.165) is 12.0 Å². The van der Waals surface area contributed by atoms with Gasteiger partial charge in [-0.15, -0.1) is 0 Å². The maximum Gasteiger partial charge on any atom is 0.310 e. The molecule has 4 aromatic rings. The average Bonchev–Trinajstić information content (AvgIpc) is 3.18. The van der Waals surface area contributed by atoms with Gasteiger partial charge in [0, 0.05) is 21.7 Å². The first-order valence-corrected chi connectivity index (χ1v) is 13.3. The molecule has 7 nitrogen and oxygen atoms in total. The number of carbonyl (C=O) groups is 3. The second-order valence-corrected chi connectivity index (χ2v) is 10.5. The van der Waals surface area contributed by atoms with Crippen molar-refractivity contribution in [1.29, 1.82) is 0 Å². The molecule has 0 saturated carbocycles. The van der Waals surface area contributed by atoms with Crippen LogP contribution in [0.4, 0.5) is 0 Å². The minimum Gasteiger partial charge on any atom is -0.497 e. The number of carboxylic acid groups (broad SMARTS) is 2. The highest BCUT2D eigenvalue weighted by atomic mass is 35.5. The van der Waals surface area contributed by atoms with E-state index in [4.69, 9.17) is 21.4 Å². The van der Waals surface area contributed by atoms with Crippen molar-refractivity contribution < 1.29 is 29.3 Å². The molecule has 0 aliphatic carbocycles. The number of aromatic nitrogens is 1. The fourth-order valence-corrected chi connectivity index (χ4v) is 4.63. The Balaban J connectivity index is 0.000000252. The highest BCUT2D eigenvalue weighted by molar-refractivity contribution is 6.30. The van der Waals surface area contributed by atoms with Crippen LogP contribution in [0.15, 0.2) is 66.7 Å². The van der Waals surface area contributed by atoms with Gasteiger partial charge < -0.3 is 14.9 Å². The summed E-state index contributed by atoms with van der Waals surface area (Å²) >= 11 is 5.89. The normalized spacial score (nSPS) is 11.6. The number of hydrogen-bond acceptors (Lipinski definition) is 4. The quantitative estimate of drug-likeness (QED) is 0.239. The molecule has 0 spiro atoms. The molecule has 1 heterocycles. The molecule has 0 saturated heterocycles. The highest BCUT2D eigenvalue weighted by Crippen LogP contribution is 2.31. The van der Waals surface area contributed by atoms with E-state index in [0.29, 0.717) is 44.4 Å². The molecule has 1 aromatic heterocycles. The first-order chi connectivity index (χ1) is 18.9. The zero-order valence-electron chi connectivity index (χ0n) is 23.3. The van der Waals surface area contributed by atoms with Gasteiger partial charge in [-0.2, -0.15) is 0 Å². The lowest BCUT2D eigenvalue weighted by Gasteiger charge is -2.09. The lowest BCUT2D eigenvalue weighted by Crippen LogP contribution is -2.14. The van der Waals surface area contributed by atoms with E-state index in [1.807, 2.05) is 24.3 Å². The van der Waals surface area contributed by atoms with Gasteiger partial charge in [0.1, 0.15) is 5.75 Å². The molecule has 40 heavy (non-hydrogen) atoms. The lowest BCUT2D eigenvalue weighted by atomic mass is 9.97. The molecule has 0 amide bonds. The summed E-state index contributed by atoms with van der Waals surface area (Å²) in [4.78, 5) is 35.0. The van der Waals surface area contributed by atoms with Crippen LogP contribution in [0.2, 0.25) is 5.02 Å².